The van der Waals surface area contributed by atoms with Crippen LogP contribution in [0.5, 0.6) is 5.75 Å². The van der Waals surface area contributed by atoms with E-state index in [9.17, 15) is 10.2 Å². The molecule has 0 aliphatic carbocycles. The van der Waals surface area contributed by atoms with Gasteiger partial charge in [-0.25, -0.2) is 0 Å². The molecule has 1 unspecified atom stereocenters. The van der Waals surface area contributed by atoms with Gasteiger partial charge in [0.25, 0.3) is 0 Å². The first-order chi connectivity index (χ1) is 7.13. The molecule has 15 heavy (non-hydrogen) atoms. The zero-order chi connectivity index (χ0) is 11.0. The number of benzene rings is 1. The number of nitrogens with zero attached hydrogens (tertiary/aromatic N) is 1. The molecule has 0 amide bonds. The fourth-order valence-corrected chi connectivity index (χ4v) is 1.98. The van der Waals surface area contributed by atoms with E-state index in [0.29, 0.717) is 0 Å². The van der Waals surface area contributed by atoms with E-state index in [1.807, 2.05) is 19.1 Å². The average molecular weight is 205 g/mol. The van der Waals surface area contributed by atoms with Crippen LogP contribution in [0.2, 0.25) is 0 Å². The number of phenolic OH excluding ortho intramolecular Hbond substituents is 1. The summed E-state index contributed by atoms with van der Waals surface area (Å²) in [5, 5.41) is 20.0. The van der Waals surface area contributed by atoms with Gasteiger partial charge in [0.15, 0.2) is 0 Å². The van der Waals surface area contributed by atoms with Gasteiger partial charge in [0.1, 0.15) is 5.75 Å². The predicted molar refractivity (Wildman–Crippen MR) is 59.9 cm³/mol. The normalized spacial score (nSPS) is 13.3. The van der Waals surface area contributed by atoms with Gasteiger partial charge in [0.2, 0.25) is 0 Å². The zero-order valence-corrected chi connectivity index (χ0v) is 8.94. The largest absolute Gasteiger partial charge is 0.508 e. The Labute approximate surface area is 88.6 Å². The molecular formula is C12H15NO2. The molecule has 1 atom stereocenters. The second-order valence-electron chi connectivity index (χ2n) is 3.73. The third kappa shape index (κ3) is 1.59. The van der Waals surface area contributed by atoms with Gasteiger partial charge in [-0.2, -0.15) is 0 Å². The van der Waals surface area contributed by atoms with Gasteiger partial charge < -0.3 is 14.8 Å². The SMILES string of the molecule is CCn1c(C(C)O)cc2cc(O)ccc21. The van der Waals surface area contributed by atoms with Crippen molar-refractivity contribution < 1.29 is 10.2 Å². The van der Waals surface area contributed by atoms with E-state index in [-0.39, 0.29) is 5.75 Å². The molecule has 0 bridgehead atoms. The number of hydrogen-bond donors (Lipinski definition) is 2. The Balaban J connectivity index is 2.73. The van der Waals surface area contributed by atoms with Crippen LogP contribution in [0.3, 0.4) is 0 Å². The van der Waals surface area contributed by atoms with E-state index in [4.69, 9.17) is 0 Å². The van der Waals surface area contributed by atoms with Crippen molar-refractivity contribution in [3.8, 4) is 5.75 Å². The molecule has 0 aliphatic rings. The molecule has 3 heteroatoms. The fourth-order valence-electron chi connectivity index (χ4n) is 1.98. The molecule has 1 heterocycles. The lowest BCUT2D eigenvalue weighted by molar-refractivity contribution is 0.190. The van der Waals surface area contributed by atoms with Gasteiger partial charge in [0.05, 0.1) is 6.10 Å². The first-order valence-electron chi connectivity index (χ1n) is 5.13. The summed E-state index contributed by atoms with van der Waals surface area (Å²) in [4.78, 5) is 0. The number of aliphatic hydroxyl groups is 1. The van der Waals surface area contributed by atoms with Crippen molar-refractivity contribution >= 4 is 10.9 Å². The molecule has 2 N–H and O–H groups in total. The highest BCUT2D eigenvalue weighted by Crippen LogP contribution is 2.27. The molecule has 0 aliphatic heterocycles. The van der Waals surface area contributed by atoms with Gasteiger partial charge in [0, 0.05) is 23.1 Å². The Hall–Kier alpha value is -1.48. The van der Waals surface area contributed by atoms with Crippen LogP contribution in [0.15, 0.2) is 24.3 Å². The monoisotopic (exact) mass is 205 g/mol. The molecule has 1 aromatic heterocycles. The fraction of sp³-hybridized carbons (Fsp3) is 0.333. The maximum atomic E-state index is 9.62. The summed E-state index contributed by atoms with van der Waals surface area (Å²) in [5.41, 5.74) is 1.93. The van der Waals surface area contributed by atoms with Crippen molar-refractivity contribution in [3.05, 3.63) is 30.0 Å². The standard InChI is InChI=1S/C12H15NO2/c1-3-13-11-5-4-10(15)6-9(11)7-12(13)8(2)14/h4-8,14-15H,3H2,1-2H3. The molecule has 0 fully saturated rings. The molecule has 1 aromatic carbocycles. The van der Waals surface area contributed by atoms with Crippen LogP contribution >= 0.6 is 0 Å². The number of phenols is 1. The molecule has 0 saturated heterocycles. The number of fused-ring (bicyclic) bond motifs is 1. The Morgan fingerprint density at radius 2 is 2.07 bits per heavy atom. The number of rotatable bonds is 2. The highest BCUT2D eigenvalue weighted by molar-refractivity contribution is 5.82. The zero-order valence-electron chi connectivity index (χ0n) is 8.94. The van der Waals surface area contributed by atoms with Crippen LogP contribution in [-0.4, -0.2) is 14.8 Å². The molecule has 2 rings (SSSR count). The van der Waals surface area contributed by atoms with Crippen molar-refractivity contribution in [2.24, 2.45) is 0 Å². The lowest BCUT2D eigenvalue weighted by Gasteiger charge is -2.09. The summed E-state index contributed by atoms with van der Waals surface area (Å²) in [6.45, 7) is 4.60. The van der Waals surface area contributed by atoms with E-state index in [0.717, 1.165) is 23.1 Å². The number of hydrogen-bond acceptors (Lipinski definition) is 2. The smallest absolute Gasteiger partial charge is 0.116 e. The highest BCUT2D eigenvalue weighted by atomic mass is 16.3. The molecule has 80 valence electrons. The quantitative estimate of drug-likeness (QED) is 0.790. The minimum atomic E-state index is -0.487. The van der Waals surface area contributed by atoms with Gasteiger partial charge in [-0.05, 0) is 38.1 Å². The summed E-state index contributed by atoms with van der Waals surface area (Å²) in [6, 6.07) is 7.18. The minimum Gasteiger partial charge on any atom is -0.508 e. The molecule has 0 radical (unpaired) electrons. The topological polar surface area (TPSA) is 45.4 Å². The second kappa shape index (κ2) is 3.59. The van der Waals surface area contributed by atoms with Crippen LogP contribution in [0.4, 0.5) is 0 Å². The summed E-state index contributed by atoms with van der Waals surface area (Å²) in [6.07, 6.45) is -0.487. The third-order valence-corrected chi connectivity index (χ3v) is 2.66. The summed E-state index contributed by atoms with van der Waals surface area (Å²) in [5.74, 6) is 0.257. The van der Waals surface area contributed by atoms with Gasteiger partial charge >= 0.3 is 0 Å². The van der Waals surface area contributed by atoms with E-state index in [1.54, 1.807) is 19.1 Å². The maximum Gasteiger partial charge on any atom is 0.116 e. The first kappa shape index (κ1) is 10.1. The molecule has 0 saturated carbocycles. The van der Waals surface area contributed by atoms with Gasteiger partial charge in [-0.3, -0.25) is 0 Å². The van der Waals surface area contributed by atoms with Crippen LogP contribution in [0, 0.1) is 0 Å². The number of aromatic nitrogens is 1. The lowest BCUT2D eigenvalue weighted by atomic mass is 10.2. The Morgan fingerprint density at radius 1 is 1.33 bits per heavy atom. The Kier molecular flexibility index (Phi) is 2.40. The predicted octanol–water partition coefficient (Wildman–Crippen LogP) is 2.42. The van der Waals surface area contributed by atoms with Crippen LogP contribution in [0.25, 0.3) is 10.9 Å². The van der Waals surface area contributed by atoms with Crippen LogP contribution in [0.1, 0.15) is 25.6 Å². The van der Waals surface area contributed by atoms with Crippen molar-refractivity contribution in [1.82, 2.24) is 4.57 Å². The van der Waals surface area contributed by atoms with E-state index >= 15 is 0 Å². The lowest BCUT2D eigenvalue weighted by Crippen LogP contribution is -2.03. The Morgan fingerprint density at radius 3 is 2.67 bits per heavy atom. The van der Waals surface area contributed by atoms with Crippen molar-refractivity contribution in [2.45, 2.75) is 26.5 Å². The second-order valence-corrected chi connectivity index (χ2v) is 3.73. The maximum absolute atomic E-state index is 9.62. The number of aryl methyl sites for hydroxylation is 1. The summed E-state index contributed by atoms with van der Waals surface area (Å²) < 4.78 is 2.06. The van der Waals surface area contributed by atoms with Crippen molar-refractivity contribution in [2.75, 3.05) is 0 Å². The summed E-state index contributed by atoms with van der Waals surface area (Å²) >= 11 is 0. The molecule has 0 spiro atoms. The molecular weight excluding hydrogens is 190 g/mol. The summed E-state index contributed by atoms with van der Waals surface area (Å²) in [7, 11) is 0. The van der Waals surface area contributed by atoms with Gasteiger partial charge in [-0.1, -0.05) is 0 Å². The van der Waals surface area contributed by atoms with Crippen molar-refractivity contribution in [3.63, 3.8) is 0 Å². The molecule has 3 nitrogen and oxygen atoms in total. The first-order valence-corrected chi connectivity index (χ1v) is 5.13. The van der Waals surface area contributed by atoms with Gasteiger partial charge in [-0.15, -0.1) is 0 Å². The van der Waals surface area contributed by atoms with Crippen LogP contribution in [-0.2, 0) is 6.54 Å². The number of aromatic hydroxyl groups is 1. The average Bonchev–Trinajstić information content (AvgIpc) is 2.55. The molecule has 2 aromatic rings. The van der Waals surface area contributed by atoms with E-state index in [1.165, 1.54) is 0 Å². The number of aliphatic hydroxyl groups excluding tert-OH is 1. The minimum absolute atomic E-state index is 0.257. The Bertz CT molecular complexity index is 486. The van der Waals surface area contributed by atoms with E-state index < -0.39 is 6.10 Å². The highest BCUT2D eigenvalue weighted by Gasteiger charge is 2.11. The van der Waals surface area contributed by atoms with E-state index in [2.05, 4.69) is 4.57 Å². The van der Waals surface area contributed by atoms with Crippen molar-refractivity contribution in [1.29, 1.82) is 0 Å². The van der Waals surface area contributed by atoms with Crippen LogP contribution < -0.4 is 0 Å². The third-order valence-electron chi connectivity index (χ3n) is 2.66.